The van der Waals surface area contributed by atoms with Gasteiger partial charge >= 0.3 is 11.8 Å². The highest BCUT2D eigenvalue weighted by atomic mass is 16.6. The molecule has 0 N–H and O–H groups in total. The number of hydrogen-bond donors (Lipinski definition) is 0. The third kappa shape index (κ3) is 2.88. The van der Waals surface area contributed by atoms with Crippen molar-refractivity contribution in [2.24, 2.45) is 0 Å². The van der Waals surface area contributed by atoms with Crippen molar-refractivity contribution >= 4 is 17.7 Å². The Hall–Kier alpha value is -3.36. The van der Waals surface area contributed by atoms with Gasteiger partial charge in [0.25, 0.3) is 5.91 Å². The molecular weight excluding hydrogens is 366 g/mol. The molecule has 0 spiro atoms. The first-order chi connectivity index (χ1) is 13.5. The number of hydrogen-bond acceptors (Lipinski definition) is 6. The Morgan fingerprint density at radius 2 is 1.79 bits per heavy atom. The molecule has 2 aliphatic rings. The fourth-order valence-electron chi connectivity index (χ4n) is 3.61. The Morgan fingerprint density at radius 3 is 2.36 bits per heavy atom. The molecule has 2 amide bonds. The highest BCUT2D eigenvalue weighted by Crippen LogP contribution is 2.50. The zero-order chi connectivity index (χ0) is 19.9. The quantitative estimate of drug-likeness (QED) is 0.578. The van der Waals surface area contributed by atoms with Gasteiger partial charge in [0.05, 0.1) is 18.6 Å². The van der Waals surface area contributed by atoms with Crippen LogP contribution in [-0.2, 0) is 10.2 Å². The van der Waals surface area contributed by atoms with Crippen molar-refractivity contribution in [1.29, 1.82) is 0 Å². The molecule has 1 aliphatic carbocycles. The van der Waals surface area contributed by atoms with Crippen molar-refractivity contribution in [2.45, 2.75) is 24.7 Å². The van der Waals surface area contributed by atoms with E-state index in [2.05, 4.69) is 0 Å². The largest absolute Gasteiger partial charge is 0.497 e. The zero-order valence-electron chi connectivity index (χ0n) is 15.3. The Balaban J connectivity index is 1.56. The van der Waals surface area contributed by atoms with E-state index in [0.29, 0.717) is 38.1 Å². The van der Waals surface area contributed by atoms with E-state index >= 15 is 0 Å². The number of ether oxygens (including phenoxy) is 1. The third-order valence-corrected chi connectivity index (χ3v) is 5.28. The number of benzene rings is 1. The van der Waals surface area contributed by atoms with Crippen LogP contribution >= 0.6 is 0 Å². The summed E-state index contributed by atoms with van der Waals surface area (Å²) in [6, 6.07) is 9.78. The predicted molar refractivity (Wildman–Crippen MR) is 96.6 cm³/mol. The molecule has 2 aromatic rings. The fourth-order valence-corrected chi connectivity index (χ4v) is 3.61. The van der Waals surface area contributed by atoms with Crippen molar-refractivity contribution in [1.82, 2.24) is 10.0 Å². The second kappa shape index (κ2) is 6.66. The second-order valence-corrected chi connectivity index (χ2v) is 6.92. The van der Waals surface area contributed by atoms with E-state index in [1.807, 2.05) is 24.3 Å². The van der Waals surface area contributed by atoms with E-state index in [-0.39, 0.29) is 11.7 Å². The number of furan rings is 1. The molecular formula is C19H19N3O6. The Labute approximate surface area is 160 Å². The molecule has 2 fully saturated rings. The van der Waals surface area contributed by atoms with Gasteiger partial charge in [0, 0.05) is 13.1 Å². The minimum Gasteiger partial charge on any atom is -0.497 e. The number of nitro groups is 1. The molecule has 0 atom stereocenters. The van der Waals surface area contributed by atoms with Crippen LogP contribution in [-0.4, -0.2) is 47.0 Å². The first-order valence-corrected chi connectivity index (χ1v) is 8.99. The molecule has 1 saturated heterocycles. The van der Waals surface area contributed by atoms with Crippen LogP contribution in [0, 0.1) is 10.1 Å². The van der Waals surface area contributed by atoms with Crippen LogP contribution in [0.5, 0.6) is 5.75 Å². The fraction of sp³-hybridized carbons (Fsp3) is 0.368. The maximum absolute atomic E-state index is 13.3. The Morgan fingerprint density at radius 1 is 1.11 bits per heavy atom. The summed E-state index contributed by atoms with van der Waals surface area (Å²) in [5.41, 5.74) is 0.260. The van der Waals surface area contributed by atoms with Gasteiger partial charge in [-0.1, -0.05) is 12.1 Å². The summed E-state index contributed by atoms with van der Waals surface area (Å²) in [7, 11) is 1.58. The lowest BCUT2D eigenvalue weighted by Crippen LogP contribution is -2.48. The van der Waals surface area contributed by atoms with Gasteiger partial charge in [-0.3, -0.25) is 24.7 Å². The smallest absolute Gasteiger partial charge is 0.433 e. The number of methoxy groups -OCH3 is 1. The number of carbonyl (C=O) groups excluding carboxylic acids is 2. The van der Waals surface area contributed by atoms with Gasteiger partial charge in [-0.15, -0.1) is 0 Å². The summed E-state index contributed by atoms with van der Waals surface area (Å²) in [5.74, 6) is -0.628. The van der Waals surface area contributed by atoms with Gasteiger partial charge < -0.3 is 9.15 Å². The summed E-state index contributed by atoms with van der Waals surface area (Å²) in [6.07, 6.45) is 2.06. The minimum atomic E-state index is -0.702. The van der Waals surface area contributed by atoms with Crippen molar-refractivity contribution in [3.05, 3.63) is 57.8 Å². The van der Waals surface area contributed by atoms with E-state index in [0.717, 1.165) is 11.6 Å². The minimum absolute atomic E-state index is 0.135. The lowest BCUT2D eigenvalue weighted by molar-refractivity contribution is -0.402. The monoisotopic (exact) mass is 385 g/mol. The maximum atomic E-state index is 13.3. The number of rotatable bonds is 5. The van der Waals surface area contributed by atoms with Gasteiger partial charge in [-0.05, 0) is 43.0 Å². The summed E-state index contributed by atoms with van der Waals surface area (Å²) < 4.78 is 10.2. The Bertz CT molecular complexity index is 931. The van der Waals surface area contributed by atoms with Crippen molar-refractivity contribution < 1.29 is 23.7 Å². The topological polar surface area (TPSA) is 106 Å². The first-order valence-electron chi connectivity index (χ1n) is 8.99. The second-order valence-electron chi connectivity index (χ2n) is 6.92. The van der Waals surface area contributed by atoms with Gasteiger partial charge in [0.2, 0.25) is 5.76 Å². The molecule has 1 aliphatic heterocycles. The summed E-state index contributed by atoms with van der Waals surface area (Å²) in [6.45, 7) is 0.781. The van der Waals surface area contributed by atoms with Crippen LogP contribution in [0.4, 0.5) is 5.88 Å². The molecule has 1 aromatic heterocycles. The standard InChI is InChI=1S/C19H19N3O6/c1-27-14-5-3-13(4-6-14)19(9-10-19)18(24)21-12-2-11-20(21)17(23)15-7-8-16(28-15)22(25)26/h3-8H,2,9-12H2,1H3. The third-order valence-electron chi connectivity index (χ3n) is 5.28. The summed E-state index contributed by atoms with van der Waals surface area (Å²) in [5, 5.41) is 13.6. The molecule has 0 bridgehead atoms. The van der Waals surface area contributed by atoms with Crippen LogP contribution in [0.2, 0.25) is 0 Å². The van der Waals surface area contributed by atoms with Gasteiger partial charge in [-0.2, -0.15) is 0 Å². The molecule has 0 radical (unpaired) electrons. The Kier molecular flexibility index (Phi) is 4.29. The number of nitrogens with zero attached hydrogens (tertiary/aromatic N) is 3. The van der Waals surface area contributed by atoms with E-state index in [9.17, 15) is 19.7 Å². The van der Waals surface area contributed by atoms with Gasteiger partial charge in [-0.25, -0.2) is 5.01 Å². The first kappa shape index (κ1) is 18.0. The van der Waals surface area contributed by atoms with Crippen LogP contribution in [0.25, 0.3) is 0 Å². The van der Waals surface area contributed by atoms with Crippen molar-refractivity contribution in [3.8, 4) is 5.75 Å². The average molecular weight is 385 g/mol. The normalized spacial score (nSPS) is 17.5. The van der Waals surface area contributed by atoms with Gasteiger partial charge in [0.15, 0.2) is 0 Å². The average Bonchev–Trinajstić information content (AvgIpc) is 3.14. The molecule has 2 heterocycles. The molecule has 4 rings (SSSR count). The van der Waals surface area contributed by atoms with E-state index in [1.54, 1.807) is 7.11 Å². The number of carbonyl (C=O) groups is 2. The van der Waals surface area contributed by atoms with Crippen molar-refractivity contribution in [2.75, 3.05) is 20.2 Å². The molecule has 146 valence electrons. The van der Waals surface area contributed by atoms with E-state index in [4.69, 9.17) is 9.15 Å². The van der Waals surface area contributed by atoms with Crippen LogP contribution in [0.15, 0.2) is 40.8 Å². The van der Waals surface area contributed by atoms with Crippen LogP contribution < -0.4 is 4.74 Å². The highest BCUT2D eigenvalue weighted by molar-refractivity contribution is 5.96. The maximum Gasteiger partial charge on any atom is 0.433 e. The molecule has 9 heteroatoms. The SMILES string of the molecule is COc1ccc(C2(C(=O)N3CCCN3C(=O)c3ccc([N+](=O)[O-])o3)CC2)cc1. The highest BCUT2D eigenvalue weighted by Gasteiger charge is 2.55. The molecule has 28 heavy (non-hydrogen) atoms. The predicted octanol–water partition coefficient (Wildman–Crippen LogP) is 2.52. The number of hydrazine groups is 1. The molecule has 9 nitrogen and oxygen atoms in total. The summed E-state index contributed by atoms with van der Waals surface area (Å²) >= 11 is 0. The van der Waals surface area contributed by atoms with Crippen LogP contribution in [0.3, 0.4) is 0 Å². The van der Waals surface area contributed by atoms with Crippen LogP contribution in [0.1, 0.15) is 35.4 Å². The van der Waals surface area contributed by atoms with E-state index in [1.165, 1.54) is 16.1 Å². The van der Waals surface area contributed by atoms with Gasteiger partial charge in [0.1, 0.15) is 10.7 Å². The lowest BCUT2D eigenvalue weighted by atomic mass is 9.94. The summed E-state index contributed by atoms with van der Waals surface area (Å²) in [4.78, 5) is 36.2. The van der Waals surface area contributed by atoms with E-state index < -0.39 is 22.1 Å². The number of amides is 2. The zero-order valence-corrected chi connectivity index (χ0v) is 15.3. The molecule has 0 unspecified atom stereocenters. The van der Waals surface area contributed by atoms with Crippen molar-refractivity contribution in [3.63, 3.8) is 0 Å². The molecule has 1 aromatic carbocycles. The lowest BCUT2D eigenvalue weighted by Gasteiger charge is -2.30. The molecule has 1 saturated carbocycles.